The Labute approximate surface area is 150 Å². The summed E-state index contributed by atoms with van der Waals surface area (Å²) in [6.07, 6.45) is 0.661. The van der Waals surface area contributed by atoms with Crippen LogP contribution in [0.1, 0.15) is 17.3 Å². The number of ether oxygens (including phenoxy) is 3. The number of nitrogens with one attached hydrogen (secondary N) is 1. The quantitative estimate of drug-likeness (QED) is 0.726. The summed E-state index contributed by atoms with van der Waals surface area (Å²) in [7, 11) is 1.57. The van der Waals surface area contributed by atoms with E-state index in [9.17, 15) is 9.59 Å². The van der Waals surface area contributed by atoms with Gasteiger partial charge in [0.15, 0.2) is 18.1 Å². The van der Waals surface area contributed by atoms with Gasteiger partial charge in [-0.15, -0.1) is 0 Å². The number of benzene rings is 2. The molecule has 0 spiro atoms. The highest BCUT2D eigenvalue weighted by Gasteiger charge is 2.14. The van der Waals surface area contributed by atoms with Crippen LogP contribution in [0.5, 0.6) is 17.2 Å². The largest absolute Gasteiger partial charge is 0.497 e. The van der Waals surface area contributed by atoms with Crippen molar-refractivity contribution in [3.05, 3.63) is 47.0 Å². The van der Waals surface area contributed by atoms with Crippen LogP contribution in [-0.4, -0.2) is 32.5 Å². The first-order chi connectivity index (χ1) is 12.1. The predicted molar refractivity (Wildman–Crippen MR) is 95.1 cm³/mol. The van der Waals surface area contributed by atoms with E-state index in [1.807, 2.05) is 0 Å². The number of rotatable bonds is 8. The van der Waals surface area contributed by atoms with E-state index in [4.69, 9.17) is 25.8 Å². The molecule has 0 aromatic heterocycles. The van der Waals surface area contributed by atoms with Gasteiger partial charge in [-0.2, -0.15) is 0 Å². The second kappa shape index (κ2) is 8.94. The Kier molecular flexibility index (Phi) is 6.65. The molecule has 0 atom stereocenters. The molecule has 0 unspecified atom stereocenters. The number of carbonyl (C=O) groups is 2. The van der Waals surface area contributed by atoms with Crippen LogP contribution in [-0.2, 0) is 4.79 Å². The zero-order valence-corrected chi connectivity index (χ0v) is 14.6. The topological polar surface area (TPSA) is 73.9 Å². The van der Waals surface area contributed by atoms with Gasteiger partial charge in [0.25, 0.3) is 5.91 Å². The van der Waals surface area contributed by atoms with E-state index in [0.717, 1.165) is 0 Å². The van der Waals surface area contributed by atoms with Crippen molar-refractivity contribution in [1.29, 1.82) is 0 Å². The summed E-state index contributed by atoms with van der Waals surface area (Å²) < 4.78 is 16.0. The Morgan fingerprint density at radius 1 is 1.20 bits per heavy atom. The summed E-state index contributed by atoms with van der Waals surface area (Å²) in [5.41, 5.74) is 0.977. The van der Waals surface area contributed by atoms with Crippen LogP contribution in [0, 0.1) is 0 Å². The number of hydrogen-bond acceptors (Lipinski definition) is 5. The number of anilines is 1. The minimum Gasteiger partial charge on any atom is -0.497 e. The third kappa shape index (κ3) is 5.12. The van der Waals surface area contributed by atoms with E-state index in [-0.39, 0.29) is 23.3 Å². The number of hydrogen-bond donors (Lipinski definition) is 1. The maximum absolute atomic E-state index is 12.0. The van der Waals surface area contributed by atoms with Gasteiger partial charge >= 0.3 is 0 Å². The first kappa shape index (κ1) is 18.6. The van der Waals surface area contributed by atoms with E-state index in [1.165, 1.54) is 12.1 Å². The van der Waals surface area contributed by atoms with Gasteiger partial charge in [0.05, 0.1) is 18.7 Å². The van der Waals surface area contributed by atoms with Crippen molar-refractivity contribution in [2.45, 2.75) is 6.92 Å². The Morgan fingerprint density at radius 2 is 1.92 bits per heavy atom. The molecule has 0 heterocycles. The molecule has 0 aliphatic heterocycles. The summed E-state index contributed by atoms with van der Waals surface area (Å²) >= 11 is 6.12. The lowest BCUT2D eigenvalue weighted by Crippen LogP contribution is -2.20. The Morgan fingerprint density at radius 3 is 2.52 bits per heavy atom. The highest BCUT2D eigenvalue weighted by Crippen LogP contribution is 2.36. The van der Waals surface area contributed by atoms with Crippen molar-refractivity contribution >= 4 is 29.5 Å². The number of methoxy groups -OCH3 is 1. The highest BCUT2D eigenvalue weighted by atomic mass is 35.5. The van der Waals surface area contributed by atoms with E-state index >= 15 is 0 Å². The molecule has 2 rings (SSSR count). The normalized spacial score (nSPS) is 10.0. The maximum atomic E-state index is 12.0. The third-order valence-electron chi connectivity index (χ3n) is 3.19. The number of halogens is 1. The summed E-state index contributed by atoms with van der Waals surface area (Å²) in [5, 5.41) is 2.90. The lowest BCUT2D eigenvalue weighted by molar-refractivity contribution is -0.118. The van der Waals surface area contributed by atoms with E-state index < -0.39 is 0 Å². The molecule has 7 heteroatoms. The van der Waals surface area contributed by atoms with Crippen molar-refractivity contribution in [3.63, 3.8) is 0 Å². The second-order valence-corrected chi connectivity index (χ2v) is 5.35. The average molecular weight is 364 g/mol. The molecule has 132 valence electrons. The van der Waals surface area contributed by atoms with E-state index in [1.54, 1.807) is 38.3 Å². The first-order valence-corrected chi connectivity index (χ1v) is 7.93. The standard InChI is InChI=1S/C18H18ClNO5/c1-3-24-16-9-12(10-21)8-15(19)18(16)25-11-17(22)20-13-4-6-14(23-2)7-5-13/h4-10H,3,11H2,1-2H3,(H,20,22). The molecule has 25 heavy (non-hydrogen) atoms. The van der Waals surface area contributed by atoms with Gasteiger partial charge in [0.1, 0.15) is 12.0 Å². The zero-order chi connectivity index (χ0) is 18.2. The molecule has 2 aromatic rings. The SMILES string of the molecule is CCOc1cc(C=O)cc(Cl)c1OCC(=O)Nc1ccc(OC)cc1. The van der Waals surface area contributed by atoms with Crippen molar-refractivity contribution in [1.82, 2.24) is 0 Å². The minimum absolute atomic E-state index is 0.199. The fourth-order valence-electron chi connectivity index (χ4n) is 2.07. The van der Waals surface area contributed by atoms with Crippen LogP contribution in [0.3, 0.4) is 0 Å². The molecule has 0 fully saturated rings. The fourth-order valence-corrected chi connectivity index (χ4v) is 2.34. The maximum Gasteiger partial charge on any atom is 0.262 e. The molecule has 0 saturated heterocycles. The van der Waals surface area contributed by atoms with Crippen LogP contribution in [0.25, 0.3) is 0 Å². The number of carbonyl (C=O) groups excluding carboxylic acids is 2. The summed E-state index contributed by atoms with van der Waals surface area (Å²) in [6.45, 7) is 1.90. The molecule has 0 aliphatic rings. The van der Waals surface area contributed by atoms with Gasteiger partial charge < -0.3 is 19.5 Å². The predicted octanol–water partition coefficient (Wildman–Crippen LogP) is 3.58. The highest BCUT2D eigenvalue weighted by molar-refractivity contribution is 6.32. The van der Waals surface area contributed by atoms with Crippen LogP contribution in [0.4, 0.5) is 5.69 Å². The third-order valence-corrected chi connectivity index (χ3v) is 3.47. The molecule has 1 N–H and O–H groups in total. The van der Waals surface area contributed by atoms with Gasteiger partial charge in [-0.1, -0.05) is 11.6 Å². The number of amides is 1. The molecule has 0 aliphatic carbocycles. The van der Waals surface area contributed by atoms with Crippen LogP contribution >= 0.6 is 11.6 Å². The Hall–Kier alpha value is -2.73. The van der Waals surface area contributed by atoms with Gasteiger partial charge in [-0.25, -0.2) is 0 Å². The smallest absolute Gasteiger partial charge is 0.262 e. The van der Waals surface area contributed by atoms with Gasteiger partial charge in [0, 0.05) is 11.3 Å². The zero-order valence-electron chi connectivity index (χ0n) is 13.9. The molecule has 2 aromatic carbocycles. The van der Waals surface area contributed by atoms with Crippen molar-refractivity contribution < 1.29 is 23.8 Å². The van der Waals surface area contributed by atoms with Gasteiger partial charge in [0.2, 0.25) is 0 Å². The first-order valence-electron chi connectivity index (χ1n) is 7.55. The minimum atomic E-state index is -0.358. The lowest BCUT2D eigenvalue weighted by atomic mass is 10.2. The van der Waals surface area contributed by atoms with Crippen LogP contribution in [0.15, 0.2) is 36.4 Å². The summed E-state index contributed by atoms with van der Waals surface area (Å²) in [4.78, 5) is 22.9. The molecular formula is C18H18ClNO5. The molecule has 6 nitrogen and oxygen atoms in total. The molecule has 0 radical (unpaired) electrons. The number of aldehydes is 1. The van der Waals surface area contributed by atoms with Gasteiger partial charge in [-0.3, -0.25) is 9.59 Å². The molecular weight excluding hydrogens is 346 g/mol. The van der Waals surface area contributed by atoms with Crippen molar-refractivity contribution in [3.8, 4) is 17.2 Å². The molecule has 1 amide bonds. The molecule has 0 saturated carbocycles. The monoisotopic (exact) mass is 363 g/mol. The van der Waals surface area contributed by atoms with Crippen molar-refractivity contribution in [2.24, 2.45) is 0 Å². The van der Waals surface area contributed by atoms with E-state index in [2.05, 4.69) is 5.32 Å². The van der Waals surface area contributed by atoms with Gasteiger partial charge in [-0.05, 0) is 43.3 Å². The summed E-state index contributed by atoms with van der Waals surface area (Å²) in [6, 6.07) is 9.87. The summed E-state index contributed by atoms with van der Waals surface area (Å²) in [5.74, 6) is 0.870. The van der Waals surface area contributed by atoms with E-state index in [0.29, 0.717) is 35.6 Å². The van der Waals surface area contributed by atoms with Crippen LogP contribution in [0.2, 0.25) is 5.02 Å². The average Bonchev–Trinajstić information content (AvgIpc) is 2.61. The molecule has 0 bridgehead atoms. The lowest BCUT2D eigenvalue weighted by Gasteiger charge is -2.14. The fraction of sp³-hybridized carbons (Fsp3) is 0.222. The Bertz CT molecular complexity index is 746. The van der Waals surface area contributed by atoms with Crippen LogP contribution < -0.4 is 19.5 Å². The van der Waals surface area contributed by atoms with Crippen molar-refractivity contribution in [2.75, 3.05) is 25.6 Å². The Balaban J connectivity index is 2.04. The second-order valence-electron chi connectivity index (χ2n) is 4.95.